The zero-order chi connectivity index (χ0) is 8.69. The van der Waals surface area contributed by atoms with Crippen LogP contribution in [-0.4, -0.2) is 12.1 Å². The van der Waals surface area contributed by atoms with E-state index in [0.29, 0.717) is 0 Å². The SMILES string of the molecule is [CH2]CC(=O)OC(C)CCCC. The topological polar surface area (TPSA) is 26.3 Å². The predicted octanol–water partition coefficient (Wildman–Crippen LogP) is 2.33. The molecule has 0 fully saturated rings. The van der Waals surface area contributed by atoms with E-state index in [0.717, 1.165) is 19.3 Å². The smallest absolute Gasteiger partial charge is 0.306 e. The summed E-state index contributed by atoms with van der Waals surface area (Å²) in [6.07, 6.45) is 3.51. The maximum absolute atomic E-state index is 10.7. The third-order valence-corrected chi connectivity index (χ3v) is 1.50. The summed E-state index contributed by atoms with van der Waals surface area (Å²) in [6, 6.07) is 0. The van der Waals surface area contributed by atoms with Crippen molar-refractivity contribution in [2.75, 3.05) is 0 Å². The summed E-state index contributed by atoms with van der Waals surface area (Å²) in [7, 11) is 0. The van der Waals surface area contributed by atoms with Crippen molar-refractivity contribution in [2.24, 2.45) is 0 Å². The van der Waals surface area contributed by atoms with E-state index in [1.807, 2.05) is 6.92 Å². The van der Waals surface area contributed by atoms with Gasteiger partial charge in [0, 0.05) is 6.42 Å². The number of unbranched alkanes of at least 4 members (excludes halogenated alkanes) is 1. The van der Waals surface area contributed by atoms with Crippen LogP contribution in [0.15, 0.2) is 0 Å². The Morgan fingerprint density at radius 3 is 2.73 bits per heavy atom. The van der Waals surface area contributed by atoms with Crippen LogP contribution in [0, 0.1) is 6.92 Å². The second-order valence-corrected chi connectivity index (χ2v) is 2.69. The lowest BCUT2D eigenvalue weighted by Crippen LogP contribution is -2.13. The largest absolute Gasteiger partial charge is 0.463 e. The number of carbonyl (C=O) groups excluding carboxylic acids is 1. The van der Waals surface area contributed by atoms with E-state index in [1.165, 1.54) is 0 Å². The molecular formula is C9H17O2. The molecule has 0 aromatic carbocycles. The molecule has 1 atom stereocenters. The first-order chi connectivity index (χ1) is 5.20. The molecule has 0 bridgehead atoms. The molecule has 11 heavy (non-hydrogen) atoms. The third-order valence-electron chi connectivity index (χ3n) is 1.50. The Bertz CT molecular complexity index is 110. The summed E-state index contributed by atoms with van der Waals surface area (Å²) in [5.41, 5.74) is 0. The van der Waals surface area contributed by atoms with Crippen molar-refractivity contribution < 1.29 is 9.53 Å². The van der Waals surface area contributed by atoms with Gasteiger partial charge in [-0.05, 0) is 20.3 Å². The molecule has 0 aromatic heterocycles. The van der Waals surface area contributed by atoms with Gasteiger partial charge in [0.25, 0.3) is 0 Å². The second-order valence-electron chi connectivity index (χ2n) is 2.69. The average molecular weight is 157 g/mol. The molecule has 0 spiro atoms. The van der Waals surface area contributed by atoms with Crippen LogP contribution in [0.4, 0.5) is 0 Å². The van der Waals surface area contributed by atoms with Gasteiger partial charge in [0.1, 0.15) is 0 Å². The Morgan fingerprint density at radius 2 is 2.27 bits per heavy atom. The molecule has 0 amide bonds. The van der Waals surface area contributed by atoms with E-state index in [1.54, 1.807) is 0 Å². The van der Waals surface area contributed by atoms with Crippen LogP contribution >= 0.6 is 0 Å². The van der Waals surface area contributed by atoms with Crippen molar-refractivity contribution in [2.45, 2.75) is 45.6 Å². The van der Waals surface area contributed by atoms with Gasteiger partial charge in [-0.25, -0.2) is 0 Å². The van der Waals surface area contributed by atoms with E-state index >= 15 is 0 Å². The number of hydrogen-bond acceptors (Lipinski definition) is 2. The maximum Gasteiger partial charge on any atom is 0.306 e. The van der Waals surface area contributed by atoms with Gasteiger partial charge in [0.2, 0.25) is 0 Å². The Balaban J connectivity index is 3.35. The van der Waals surface area contributed by atoms with E-state index in [4.69, 9.17) is 4.74 Å². The van der Waals surface area contributed by atoms with E-state index in [9.17, 15) is 4.79 Å². The summed E-state index contributed by atoms with van der Waals surface area (Å²) in [6.45, 7) is 7.49. The van der Waals surface area contributed by atoms with Crippen LogP contribution < -0.4 is 0 Å². The van der Waals surface area contributed by atoms with Gasteiger partial charge < -0.3 is 4.74 Å². The molecule has 65 valence electrons. The summed E-state index contributed by atoms with van der Waals surface area (Å²) < 4.78 is 5.00. The zero-order valence-corrected chi connectivity index (χ0v) is 7.43. The average Bonchev–Trinajstić information content (AvgIpc) is 2.00. The Labute approximate surface area is 68.9 Å². The van der Waals surface area contributed by atoms with Crippen molar-refractivity contribution in [3.8, 4) is 0 Å². The first-order valence-electron chi connectivity index (χ1n) is 4.19. The second kappa shape index (κ2) is 6.20. The fourth-order valence-corrected chi connectivity index (χ4v) is 0.834. The number of carbonyl (C=O) groups is 1. The molecule has 0 saturated carbocycles. The quantitative estimate of drug-likeness (QED) is 0.572. The number of esters is 1. The highest BCUT2D eigenvalue weighted by molar-refractivity contribution is 5.69. The summed E-state index contributed by atoms with van der Waals surface area (Å²) in [5.74, 6) is -0.200. The van der Waals surface area contributed by atoms with Crippen LogP contribution in [0.5, 0.6) is 0 Å². The van der Waals surface area contributed by atoms with Crippen molar-refractivity contribution in [3.05, 3.63) is 6.92 Å². The molecule has 0 N–H and O–H groups in total. The number of rotatable bonds is 5. The molecule has 1 unspecified atom stereocenters. The molecule has 0 aliphatic rings. The van der Waals surface area contributed by atoms with Crippen molar-refractivity contribution in [3.63, 3.8) is 0 Å². The predicted molar refractivity (Wildman–Crippen MR) is 45.1 cm³/mol. The molecular weight excluding hydrogens is 140 g/mol. The minimum atomic E-state index is -0.200. The maximum atomic E-state index is 10.7. The van der Waals surface area contributed by atoms with Gasteiger partial charge in [-0.1, -0.05) is 19.8 Å². The van der Waals surface area contributed by atoms with Gasteiger partial charge in [0.15, 0.2) is 0 Å². The van der Waals surface area contributed by atoms with Gasteiger partial charge in [0.05, 0.1) is 6.10 Å². The third kappa shape index (κ3) is 5.89. The lowest BCUT2D eigenvalue weighted by atomic mass is 10.2. The molecule has 0 aliphatic carbocycles. The van der Waals surface area contributed by atoms with Crippen LogP contribution in [0.25, 0.3) is 0 Å². The summed E-state index contributed by atoms with van der Waals surface area (Å²) >= 11 is 0. The van der Waals surface area contributed by atoms with Crippen molar-refractivity contribution >= 4 is 5.97 Å². The Kier molecular flexibility index (Phi) is 5.90. The van der Waals surface area contributed by atoms with Crippen LogP contribution in [0.1, 0.15) is 39.5 Å². The highest BCUT2D eigenvalue weighted by Gasteiger charge is 2.05. The van der Waals surface area contributed by atoms with Crippen LogP contribution in [0.2, 0.25) is 0 Å². The fraction of sp³-hybridized carbons (Fsp3) is 0.778. The standard InChI is InChI=1S/C9H17O2/c1-4-6-7-8(3)11-9(10)5-2/h8H,2,4-7H2,1,3H3. The van der Waals surface area contributed by atoms with Crippen LogP contribution in [0.3, 0.4) is 0 Å². The monoisotopic (exact) mass is 157 g/mol. The van der Waals surface area contributed by atoms with Gasteiger partial charge in [-0.2, -0.15) is 0 Å². The molecule has 0 rings (SSSR count). The summed E-state index contributed by atoms with van der Waals surface area (Å²) in [4.78, 5) is 10.7. The van der Waals surface area contributed by atoms with Gasteiger partial charge >= 0.3 is 5.97 Å². The molecule has 2 heteroatoms. The van der Waals surface area contributed by atoms with E-state index in [2.05, 4.69) is 13.8 Å². The Hall–Kier alpha value is -0.530. The van der Waals surface area contributed by atoms with Gasteiger partial charge in [-0.15, -0.1) is 0 Å². The highest BCUT2D eigenvalue weighted by Crippen LogP contribution is 2.04. The first kappa shape index (κ1) is 10.5. The van der Waals surface area contributed by atoms with E-state index < -0.39 is 0 Å². The molecule has 2 nitrogen and oxygen atoms in total. The minimum absolute atomic E-state index is 0.0594. The lowest BCUT2D eigenvalue weighted by molar-refractivity contribution is -0.147. The van der Waals surface area contributed by atoms with E-state index in [-0.39, 0.29) is 18.5 Å². The van der Waals surface area contributed by atoms with Crippen molar-refractivity contribution in [1.29, 1.82) is 0 Å². The minimum Gasteiger partial charge on any atom is -0.463 e. The molecule has 0 aromatic rings. The molecule has 0 saturated heterocycles. The normalized spacial score (nSPS) is 12.6. The molecule has 1 radical (unpaired) electrons. The van der Waals surface area contributed by atoms with Gasteiger partial charge in [-0.3, -0.25) is 4.79 Å². The highest BCUT2D eigenvalue weighted by atomic mass is 16.5. The fourth-order valence-electron chi connectivity index (χ4n) is 0.834. The molecule has 0 aliphatic heterocycles. The van der Waals surface area contributed by atoms with Crippen LogP contribution in [-0.2, 0) is 9.53 Å². The van der Waals surface area contributed by atoms with Crippen molar-refractivity contribution in [1.82, 2.24) is 0 Å². The zero-order valence-electron chi connectivity index (χ0n) is 7.43. The Morgan fingerprint density at radius 1 is 1.64 bits per heavy atom. The number of hydrogen-bond donors (Lipinski definition) is 0. The first-order valence-corrected chi connectivity index (χ1v) is 4.19. The summed E-state index contributed by atoms with van der Waals surface area (Å²) in [5, 5.41) is 0. The lowest BCUT2D eigenvalue weighted by Gasteiger charge is -2.11. The number of ether oxygens (including phenoxy) is 1. The molecule has 0 heterocycles.